The van der Waals surface area contributed by atoms with E-state index in [9.17, 15) is 10.2 Å². The topological polar surface area (TPSA) is 138 Å². The maximum atomic E-state index is 11.0. The van der Waals surface area contributed by atoms with Crippen LogP contribution < -0.4 is 5.73 Å². The van der Waals surface area contributed by atoms with Crippen molar-refractivity contribution in [3.8, 4) is 0 Å². The molecule has 4 unspecified atom stereocenters. The van der Waals surface area contributed by atoms with Crippen LogP contribution in [0.3, 0.4) is 0 Å². The Labute approximate surface area is 251 Å². The summed E-state index contributed by atoms with van der Waals surface area (Å²) < 4.78 is 7.92. The first-order valence-corrected chi connectivity index (χ1v) is 15.3. The molecule has 0 spiro atoms. The maximum Gasteiger partial charge on any atom is 0.164 e. The number of imidazole rings is 1. The molecule has 5 N–H and O–H groups in total. The van der Waals surface area contributed by atoms with Crippen LogP contribution in [0.5, 0.6) is 0 Å². The maximum absolute atomic E-state index is 11.0. The van der Waals surface area contributed by atoms with Crippen LogP contribution in [0.25, 0.3) is 22.1 Å². The number of nitrogen functional groups attached to an aromatic ring is 1. The van der Waals surface area contributed by atoms with E-state index in [1.165, 1.54) is 11.9 Å². The molecular weight excluding hydrogens is 554 g/mol. The lowest BCUT2D eigenvalue weighted by atomic mass is 9.76. The highest BCUT2D eigenvalue weighted by atomic mass is 35.5. The molecule has 2 fully saturated rings. The molecule has 11 heteroatoms. The second kappa shape index (κ2) is 11.1. The lowest BCUT2D eigenvalue weighted by Crippen LogP contribution is -2.52. The van der Waals surface area contributed by atoms with Gasteiger partial charge in [0.2, 0.25) is 0 Å². The second-order valence-electron chi connectivity index (χ2n) is 13.4. The van der Waals surface area contributed by atoms with Crippen molar-refractivity contribution in [3.63, 3.8) is 0 Å². The largest absolute Gasteiger partial charge is 0.387 e. The average Bonchev–Trinajstić information content (AvgIpc) is 3.55. The number of ether oxygens (including phenoxy) is 1. The summed E-state index contributed by atoms with van der Waals surface area (Å²) in [6, 6.07) is 7.19. The summed E-state index contributed by atoms with van der Waals surface area (Å²) in [7, 11) is 0. The number of H-pyrrole nitrogens is 1. The van der Waals surface area contributed by atoms with Crippen LogP contribution in [-0.2, 0) is 16.6 Å². The average molecular weight is 596 g/mol. The Bertz CT molecular complexity index is 1570. The summed E-state index contributed by atoms with van der Waals surface area (Å²) in [6.07, 6.45) is 3.61. The van der Waals surface area contributed by atoms with Crippen LogP contribution in [0.15, 0.2) is 30.7 Å². The number of nitrogens with one attached hydrogen (secondary N) is 1. The van der Waals surface area contributed by atoms with Crippen molar-refractivity contribution < 1.29 is 14.9 Å². The van der Waals surface area contributed by atoms with E-state index in [0.29, 0.717) is 34.6 Å². The van der Waals surface area contributed by atoms with Gasteiger partial charge in [-0.25, -0.2) is 15.0 Å². The molecular formula is C31H42ClN7O3. The van der Waals surface area contributed by atoms with Gasteiger partial charge in [-0.1, -0.05) is 38.4 Å². The summed E-state index contributed by atoms with van der Waals surface area (Å²) in [5.41, 5.74) is 10.0. The summed E-state index contributed by atoms with van der Waals surface area (Å²) in [5.74, 6) is 1.93. The molecule has 1 saturated carbocycles. The van der Waals surface area contributed by atoms with Crippen molar-refractivity contribution in [2.75, 3.05) is 12.3 Å². The highest BCUT2D eigenvalue weighted by Gasteiger charge is 2.46. The molecule has 42 heavy (non-hydrogen) atoms. The number of rotatable bonds is 8. The number of aromatic amines is 1. The molecule has 0 amide bonds. The van der Waals surface area contributed by atoms with E-state index >= 15 is 0 Å². The summed E-state index contributed by atoms with van der Waals surface area (Å²) in [6.45, 7) is 11.5. The SMILES string of the molecule is CC(C)N(CC1OC(n2cc(Cl)c3c(N)ncnc32)C(O)C1O)C1CC(CCc2nc3ccc(C(C)(C)C)cc3[nH]2)C1. The number of aliphatic hydroxyl groups is 2. The first-order valence-electron chi connectivity index (χ1n) is 14.9. The van der Waals surface area contributed by atoms with Crippen molar-refractivity contribution >= 4 is 39.5 Å². The summed E-state index contributed by atoms with van der Waals surface area (Å²) >= 11 is 6.40. The minimum atomic E-state index is -1.13. The van der Waals surface area contributed by atoms with Crippen LogP contribution in [0.1, 0.15) is 71.5 Å². The molecule has 1 aliphatic carbocycles. The van der Waals surface area contributed by atoms with Crippen LogP contribution in [0.4, 0.5) is 5.82 Å². The molecule has 6 rings (SSSR count). The number of benzene rings is 1. The summed E-state index contributed by atoms with van der Waals surface area (Å²) in [4.78, 5) is 19.1. The van der Waals surface area contributed by atoms with Gasteiger partial charge in [0.05, 0.1) is 21.4 Å². The normalized spacial score (nSPS) is 26.6. The quantitative estimate of drug-likeness (QED) is 0.232. The van der Waals surface area contributed by atoms with Gasteiger partial charge in [-0.3, -0.25) is 4.90 Å². The van der Waals surface area contributed by atoms with E-state index in [1.807, 2.05) is 0 Å². The number of fused-ring (bicyclic) bond motifs is 2. The second-order valence-corrected chi connectivity index (χ2v) is 13.8. The van der Waals surface area contributed by atoms with E-state index in [2.05, 4.69) is 72.7 Å². The van der Waals surface area contributed by atoms with Gasteiger partial charge >= 0.3 is 0 Å². The number of hydrogen-bond donors (Lipinski definition) is 4. The first kappa shape index (κ1) is 29.3. The molecule has 0 radical (unpaired) electrons. The van der Waals surface area contributed by atoms with Gasteiger partial charge in [0.1, 0.15) is 41.9 Å². The number of halogens is 1. The third kappa shape index (κ3) is 5.39. The molecule has 10 nitrogen and oxygen atoms in total. The minimum Gasteiger partial charge on any atom is -0.387 e. The zero-order valence-corrected chi connectivity index (χ0v) is 25.7. The number of aryl methyl sites for hydroxylation is 1. The molecule has 1 saturated heterocycles. The number of nitrogens with two attached hydrogens (primary N) is 1. The van der Waals surface area contributed by atoms with E-state index in [1.54, 1.807) is 10.8 Å². The molecule has 4 atom stereocenters. The Morgan fingerprint density at radius 3 is 2.67 bits per heavy atom. The third-order valence-corrected chi connectivity index (χ3v) is 9.41. The van der Waals surface area contributed by atoms with Crippen LogP contribution in [0, 0.1) is 5.92 Å². The smallest absolute Gasteiger partial charge is 0.164 e. The van der Waals surface area contributed by atoms with E-state index in [-0.39, 0.29) is 17.3 Å². The van der Waals surface area contributed by atoms with Crippen molar-refractivity contribution in [3.05, 3.63) is 47.1 Å². The molecule has 226 valence electrons. The molecule has 4 heterocycles. The summed E-state index contributed by atoms with van der Waals surface area (Å²) in [5, 5.41) is 22.8. The monoisotopic (exact) mass is 595 g/mol. The Hall–Kier alpha value is -2.76. The van der Waals surface area contributed by atoms with Crippen LogP contribution >= 0.6 is 11.6 Å². The van der Waals surface area contributed by atoms with Crippen LogP contribution in [0.2, 0.25) is 5.02 Å². The lowest BCUT2D eigenvalue weighted by Gasteiger charge is -2.46. The Balaban J connectivity index is 1.07. The van der Waals surface area contributed by atoms with Gasteiger partial charge in [-0.15, -0.1) is 0 Å². The van der Waals surface area contributed by atoms with E-state index < -0.39 is 24.5 Å². The number of aromatic nitrogens is 5. The Kier molecular flexibility index (Phi) is 7.72. The minimum absolute atomic E-state index is 0.106. The van der Waals surface area contributed by atoms with Gasteiger partial charge < -0.3 is 30.2 Å². The van der Waals surface area contributed by atoms with E-state index in [4.69, 9.17) is 27.1 Å². The molecule has 3 aromatic heterocycles. The number of aliphatic hydroxyl groups excluding tert-OH is 2. The molecule has 4 aromatic rings. The van der Waals surface area contributed by atoms with Gasteiger partial charge in [-0.05, 0) is 62.1 Å². The highest BCUT2D eigenvalue weighted by molar-refractivity contribution is 6.36. The standard InChI is InChI=1S/C31H42ClN7O3/c1-16(2)38(14-23-26(40)27(41)30(42-23)39-13-20(32)25-28(33)34-15-35-29(25)39)19-10-17(11-19)6-9-24-36-21-8-7-18(31(3,4)5)12-22(21)37-24/h7-8,12-13,15-17,19,23,26-27,30,40-41H,6,9-11,14H2,1-5H3,(H,36,37)(H2,33,34,35). The molecule has 2 aliphatic rings. The number of anilines is 1. The van der Waals surface area contributed by atoms with Gasteiger partial charge in [0.15, 0.2) is 6.23 Å². The first-order chi connectivity index (χ1) is 19.9. The Morgan fingerprint density at radius 2 is 1.95 bits per heavy atom. The number of nitrogens with zero attached hydrogens (tertiary/aromatic N) is 5. The van der Waals surface area contributed by atoms with Crippen molar-refractivity contribution in [2.45, 2.75) is 102 Å². The van der Waals surface area contributed by atoms with E-state index in [0.717, 1.165) is 42.5 Å². The van der Waals surface area contributed by atoms with Gasteiger partial charge in [0, 0.05) is 31.2 Å². The fraction of sp³-hybridized carbons (Fsp3) is 0.581. The van der Waals surface area contributed by atoms with Crippen LogP contribution in [-0.4, -0.2) is 76.6 Å². The highest BCUT2D eigenvalue weighted by Crippen LogP contribution is 2.39. The zero-order chi connectivity index (χ0) is 29.9. The van der Waals surface area contributed by atoms with Gasteiger partial charge in [-0.2, -0.15) is 0 Å². The third-order valence-electron chi connectivity index (χ3n) is 9.12. The lowest BCUT2D eigenvalue weighted by molar-refractivity contribution is -0.0618. The van der Waals surface area contributed by atoms with Crippen molar-refractivity contribution in [1.82, 2.24) is 29.4 Å². The molecule has 1 aromatic carbocycles. The predicted octanol–water partition coefficient (Wildman–Crippen LogP) is 4.58. The molecule has 0 bridgehead atoms. The zero-order valence-electron chi connectivity index (χ0n) is 25.0. The number of hydrogen-bond acceptors (Lipinski definition) is 8. The van der Waals surface area contributed by atoms with Gasteiger partial charge in [0.25, 0.3) is 0 Å². The fourth-order valence-corrected chi connectivity index (χ4v) is 6.84. The predicted molar refractivity (Wildman–Crippen MR) is 164 cm³/mol. The van der Waals surface area contributed by atoms with Crippen molar-refractivity contribution in [2.24, 2.45) is 5.92 Å². The fourth-order valence-electron chi connectivity index (χ4n) is 6.55. The Morgan fingerprint density at radius 1 is 1.19 bits per heavy atom. The molecule has 1 aliphatic heterocycles. The van der Waals surface area contributed by atoms with Crippen molar-refractivity contribution in [1.29, 1.82) is 0 Å².